The second-order valence-electron chi connectivity index (χ2n) is 9.71. The van der Waals surface area contributed by atoms with Gasteiger partial charge in [0.05, 0.1) is 35.5 Å². The largest absolute Gasteiger partial charge is 0.481 e. The van der Waals surface area contributed by atoms with Gasteiger partial charge in [0.2, 0.25) is 0 Å². The number of hydrogen-bond donors (Lipinski definition) is 2. The lowest BCUT2D eigenvalue weighted by atomic mass is 9.79. The first-order chi connectivity index (χ1) is 16.2. The molecule has 0 spiro atoms. The van der Waals surface area contributed by atoms with Crippen LogP contribution < -0.4 is 0 Å². The average Bonchev–Trinajstić information content (AvgIpc) is 2.83. The lowest BCUT2D eigenvalue weighted by Crippen LogP contribution is -2.38. The van der Waals surface area contributed by atoms with Crippen LogP contribution in [-0.2, 0) is 38.2 Å². The molecule has 0 radical (unpaired) electrons. The van der Waals surface area contributed by atoms with Crippen LogP contribution in [0, 0.1) is 35.5 Å². The molecule has 6 unspecified atom stereocenters. The third-order valence-electron chi connectivity index (χ3n) is 7.52. The summed E-state index contributed by atoms with van der Waals surface area (Å²) in [6.45, 7) is 0. The van der Waals surface area contributed by atoms with E-state index in [4.69, 9.17) is 9.47 Å². The van der Waals surface area contributed by atoms with Crippen molar-refractivity contribution in [2.24, 2.45) is 35.5 Å². The number of carboxylic acids is 2. The van der Waals surface area contributed by atoms with Gasteiger partial charge in [-0.1, -0.05) is 32.1 Å². The van der Waals surface area contributed by atoms with E-state index in [1.807, 2.05) is 0 Å². The molecule has 3 aliphatic carbocycles. The number of aliphatic carboxylic acids is 2. The number of carbonyl (C=O) groups is 6. The maximum Gasteiger partial charge on any atom is 0.317 e. The first kappa shape index (κ1) is 25.8. The van der Waals surface area contributed by atoms with Crippen molar-refractivity contribution < 1.29 is 48.5 Å². The number of carboxylic acid groups (broad SMARTS) is 2. The molecular formula is C24H32O10. The summed E-state index contributed by atoms with van der Waals surface area (Å²) in [4.78, 5) is 73.1. The summed E-state index contributed by atoms with van der Waals surface area (Å²) in [5, 5.41) is 18.7. The van der Waals surface area contributed by atoms with Crippen molar-refractivity contribution >= 4 is 35.8 Å². The Morgan fingerprint density at radius 1 is 0.471 bits per heavy atom. The van der Waals surface area contributed by atoms with Crippen molar-refractivity contribution in [1.82, 2.24) is 0 Å². The lowest BCUT2D eigenvalue weighted by molar-refractivity contribution is -0.173. The molecule has 3 fully saturated rings. The molecule has 0 amide bonds. The fraction of sp³-hybridized carbons (Fsp3) is 0.750. The van der Waals surface area contributed by atoms with Crippen LogP contribution >= 0.6 is 0 Å². The van der Waals surface area contributed by atoms with E-state index in [1.165, 1.54) is 0 Å². The molecular weight excluding hydrogens is 448 g/mol. The smallest absolute Gasteiger partial charge is 0.317 e. The first-order valence-corrected chi connectivity index (χ1v) is 12.2. The molecule has 0 saturated heterocycles. The Balaban J connectivity index is 1.54. The number of esters is 4. The van der Waals surface area contributed by atoms with Crippen molar-refractivity contribution in [1.29, 1.82) is 0 Å². The molecule has 0 aromatic rings. The van der Waals surface area contributed by atoms with Gasteiger partial charge in [-0.25, -0.2) is 0 Å². The van der Waals surface area contributed by atoms with Crippen LogP contribution in [0.25, 0.3) is 0 Å². The van der Waals surface area contributed by atoms with Crippen LogP contribution in [0.4, 0.5) is 0 Å². The Hall–Kier alpha value is -2.78. The monoisotopic (exact) mass is 480 g/mol. The van der Waals surface area contributed by atoms with Gasteiger partial charge in [0.1, 0.15) is 0 Å². The summed E-state index contributed by atoms with van der Waals surface area (Å²) in [6, 6.07) is 0. The summed E-state index contributed by atoms with van der Waals surface area (Å²) in [6.07, 6.45) is 5.55. The maximum absolute atomic E-state index is 12.6. The molecule has 10 heteroatoms. The van der Waals surface area contributed by atoms with Gasteiger partial charge in [-0.2, -0.15) is 0 Å². The van der Waals surface area contributed by atoms with Crippen molar-refractivity contribution in [3.05, 3.63) is 0 Å². The Morgan fingerprint density at radius 3 is 1.18 bits per heavy atom. The van der Waals surface area contributed by atoms with Gasteiger partial charge in [0, 0.05) is 0 Å². The molecule has 0 bridgehead atoms. The van der Waals surface area contributed by atoms with Gasteiger partial charge in [0.15, 0.2) is 0 Å². The van der Waals surface area contributed by atoms with E-state index in [0.29, 0.717) is 70.6 Å². The third-order valence-corrected chi connectivity index (χ3v) is 7.52. The SMILES string of the molecule is O=C(OC(=O)C1CCCCC1C(=O)O)C1CCCC(C(=O)OC(=O)C2CCCCC2C(=O)O)C1. The van der Waals surface area contributed by atoms with Gasteiger partial charge >= 0.3 is 35.8 Å². The highest BCUT2D eigenvalue weighted by molar-refractivity contribution is 5.92. The van der Waals surface area contributed by atoms with E-state index in [1.54, 1.807) is 0 Å². The third kappa shape index (κ3) is 6.21. The van der Waals surface area contributed by atoms with Crippen LogP contribution in [-0.4, -0.2) is 46.0 Å². The highest BCUT2D eigenvalue weighted by atomic mass is 16.6. The zero-order valence-electron chi connectivity index (χ0n) is 19.1. The second-order valence-corrected chi connectivity index (χ2v) is 9.71. The molecule has 3 saturated carbocycles. The Labute approximate surface area is 197 Å². The Kier molecular flexibility index (Phi) is 8.79. The van der Waals surface area contributed by atoms with Crippen LogP contribution in [0.3, 0.4) is 0 Å². The molecule has 6 atom stereocenters. The summed E-state index contributed by atoms with van der Waals surface area (Å²) < 4.78 is 10.1. The van der Waals surface area contributed by atoms with Gasteiger partial charge < -0.3 is 19.7 Å². The van der Waals surface area contributed by atoms with Crippen LogP contribution in [0.15, 0.2) is 0 Å². The molecule has 0 aliphatic heterocycles. The molecule has 0 aromatic heterocycles. The summed E-state index contributed by atoms with van der Waals surface area (Å²) >= 11 is 0. The zero-order valence-corrected chi connectivity index (χ0v) is 19.1. The minimum Gasteiger partial charge on any atom is -0.481 e. The molecule has 10 nitrogen and oxygen atoms in total. The maximum atomic E-state index is 12.6. The highest BCUT2D eigenvalue weighted by Crippen LogP contribution is 2.35. The van der Waals surface area contributed by atoms with E-state index in [9.17, 15) is 39.0 Å². The summed E-state index contributed by atoms with van der Waals surface area (Å²) in [5.74, 6) is -10.4. The number of hydrogen-bond acceptors (Lipinski definition) is 8. The van der Waals surface area contributed by atoms with Gasteiger partial charge in [0.25, 0.3) is 0 Å². The van der Waals surface area contributed by atoms with Gasteiger partial charge in [-0.3, -0.25) is 28.8 Å². The minimum atomic E-state index is -1.08. The standard InChI is InChI=1S/C24H32O10/c25-19(26)15-8-1-3-10-17(15)23(31)33-21(29)13-6-5-7-14(12-13)22(30)34-24(32)18-11-4-2-9-16(18)20(27)28/h13-18H,1-12H2,(H,25,26)(H,27,28). The van der Waals surface area contributed by atoms with E-state index in [2.05, 4.69) is 0 Å². The normalized spacial score (nSPS) is 31.6. The minimum absolute atomic E-state index is 0.0538. The average molecular weight is 481 g/mol. The predicted octanol–water partition coefficient (Wildman–Crippen LogP) is 2.71. The second kappa shape index (κ2) is 11.6. The fourth-order valence-electron chi connectivity index (χ4n) is 5.55. The zero-order chi connectivity index (χ0) is 24.8. The fourth-order valence-corrected chi connectivity index (χ4v) is 5.55. The lowest BCUT2D eigenvalue weighted by Gasteiger charge is -2.29. The van der Waals surface area contributed by atoms with Crippen LogP contribution in [0.2, 0.25) is 0 Å². The molecule has 2 N–H and O–H groups in total. The first-order valence-electron chi connectivity index (χ1n) is 12.2. The number of rotatable bonds is 6. The quantitative estimate of drug-likeness (QED) is 0.427. The molecule has 3 rings (SSSR count). The van der Waals surface area contributed by atoms with Gasteiger partial charge in [-0.05, 0) is 44.9 Å². The van der Waals surface area contributed by atoms with Gasteiger partial charge in [-0.15, -0.1) is 0 Å². The van der Waals surface area contributed by atoms with Crippen molar-refractivity contribution in [2.45, 2.75) is 77.0 Å². The molecule has 188 valence electrons. The Morgan fingerprint density at radius 2 is 0.824 bits per heavy atom. The predicted molar refractivity (Wildman–Crippen MR) is 114 cm³/mol. The van der Waals surface area contributed by atoms with Crippen LogP contribution in [0.5, 0.6) is 0 Å². The summed E-state index contributed by atoms with van der Waals surface area (Å²) in [7, 11) is 0. The van der Waals surface area contributed by atoms with Crippen molar-refractivity contribution in [3.8, 4) is 0 Å². The van der Waals surface area contributed by atoms with E-state index in [-0.39, 0.29) is 6.42 Å². The molecule has 0 aromatic carbocycles. The van der Waals surface area contributed by atoms with Crippen LogP contribution in [0.1, 0.15) is 77.0 Å². The van der Waals surface area contributed by atoms with E-state index in [0.717, 1.165) is 0 Å². The summed E-state index contributed by atoms with van der Waals surface area (Å²) in [5.41, 5.74) is 0. The Bertz CT molecular complexity index is 768. The number of carbonyl (C=O) groups excluding carboxylic acids is 4. The molecule has 3 aliphatic rings. The number of ether oxygens (including phenoxy) is 2. The topological polar surface area (TPSA) is 161 Å². The highest BCUT2D eigenvalue weighted by Gasteiger charge is 2.42. The molecule has 0 heterocycles. The van der Waals surface area contributed by atoms with Crippen molar-refractivity contribution in [3.63, 3.8) is 0 Å². The van der Waals surface area contributed by atoms with Crippen molar-refractivity contribution in [2.75, 3.05) is 0 Å². The van der Waals surface area contributed by atoms with E-state index >= 15 is 0 Å². The molecule has 34 heavy (non-hydrogen) atoms. The van der Waals surface area contributed by atoms with E-state index < -0.39 is 71.3 Å².